The average Bonchev–Trinajstić information content (AvgIpc) is 3.72. The lowest BCUT2D eigenvalue weighted by atomic mass is 9.82. The van der Waals surface area contributed by atoms with Crippen LogP contribution in [0.5, 0.6) is 0 Å². The summed E-state index contributed by atoms with van der Waals surface area (Å²) in [6.07, 6.45) is 0.582. The summed E-state index contributed by atoms with van der Waals surface area (Å²) in [5.41, 5.74) is 2.64. The molecule has 3 aromatic carbocycles. The van der Waals surface area contributed by atoms with Gasteiger partial charge in [0.25, 0.3) is 11.8 Å². The molecule has 252 valence electrons. The number of nitrogens with one attached hydrogen (secondary N) is 1. The molecule has 1 aromatic heterocycles. The molecule has 1 unspecified atom stereocenters. The number of aliphatic hydroxyl groups excluding tert-OH is 2. The van der Waals surface area contributed by atoms with Gasteiger partial charge in [-0.25, -0.2) is 0 Å². The largest absolute Gasteiger partial charge is 0.395 e. The van der Waals surface area contributed by atoms with Crippen molar-refractivity contribution in [1.29, 1.82) is 0 Å². The van der Waals surface area contributed by atoms with Crippen molar-refractivity contribution in [2.75, 3.05) is 16.8 Å². The third-order valence-electron chi connectivity index (χ3n) is 9.75. The van der Waals surface area contributed by atoms with Crippen LogP contribution in [0, 0.1) is 5.92 Å². The van der Waals surface area contributed by atoms with E-state index in [1.807, 2.05) is 79.9 Å². The van der Waals surface area contributed by atoms with Gasteiger partial charge in [-0.1, -0.05) is 72.8 Å². The van der Waals surface area contributed by atoms with Gasteiger partial charge in [-0.05, 0) is 55.8 Å². The number of hydrogen-bond acceptors (Lipinski definition) is 7. The Labute approximate surface area is 280 Å². The molecular formula is C36H42FN5O5Si. The summed E-state index contributed by atoms with van der Waals surface area (Å²) in [5.74, 6) is -1.46. The number of para-hydroxylation sites is 1. The second-order valence-corrected chi connectivity index (χ2v) is 17.2. The molecule has 3 heterocycles. The monoisotopic (exact) mass is 671 g/mol. The summed E-state index contributed by atoms with van der Waals surface area (Å²) >= 11 is 0. The number of aliphatic hydroxyl groups is 2. The van der Waals surface area contributed by atoms with Gasteiger partial charge in [-0.2, -0.15) is 0 Å². The lowest BCUT2D eigenvalue weighted by Gasteiger charge is -2.31. The third-order valence-corrected chi connectivity index (χ3v) is 12.2. The van der Waals surface area contributed by atoms with Crippen LogP contribution in [0.4, 0.5) is 15.5 Å². The number of benzene rings is 3. The van der Waals surface area contributed by atoms with E-state index in [4.69, 9.17) is 4.74 Å². The molecule has 6 rings (SSSR count). The first kappa shape index (κ1) is 33.7. The molecule has 48 heavy (non-hydrogen) atoms. The number of amides is 2. The molecule has 0 aliphatic carbocycles. The number of aryl methyl sites for hydroxylation is 1. The first-order chi connectivity index (χ1) is 22.9. The van der Waals surface area contributed by atoms with E-state index in [0.717, 1.165) is 22.4 Å². The first-order valence-electron chi connectivity index (χ1n) is 16.4. The van der Waals surface area contributed by atoms with Crippen molar-refractivity contribution in [3.8, 4) is 0 Å². The molecule has 0 saturated carbocycles. The Morgan fingerprint density at radius 3 is 2.44 bits per heavy atom. The molecule has 6 atom stereocenters. The highest BCUT2D eigenvalue weighted by atomic mass is 28.4. The summed E-state index contributed by atoms with van der Waals surface area (Å²) in [5, 5.41) is 30.9. The molecular weight excluding hydrogens is 630 g/mol. The Morgan fingerprint density at radius 1 is 1.08 bits per heavy atom. The summed E-state index contributed by atoms with van der Waals surface area (Å²) < 4.78 is 24.8. The van der Waals surface area contributed by atoms with Gasteiger partial charge in [0, 0.05) is 35.5 Å². The van der Waals surface area contributed by atoms with Crippen LogP contribution in [0.25, 0.3) is 0 Å². The quantitative estimate of drug-likeness (QED) is 0.149. The van der Waals surface area contributed by atoms with Crippen molar-refractivity contribution in [1.82, 2.24) is 15.0 Å². The zero-order chi connectivity index (χ0) is 34.2. The SMILES string of the molecule is C[C@H](O)C(=O)Nc1ccc(CN2C(=O)[C@@]3(O[C@@H](CCn4cc(C(CO)c5ccccc5)nn4)[C@H]([Si](C)(C)F)[C@H]3C)c3ccccc32)cc1. The van der Waals surface area contributed by atoms with Crippen LogP contribution in [0.2, 0.25) is 18.6 Å². The fourth-order valence-electron chi connectivity index (χ4n) is 7.45. The van der Waals surface area contributed by atoms with E-state index in [2.05, 4.69) is 15.6 Å². The van der Waals surface area contributed by atoms with Crippen LogP contribution < -0.4 is 10.2 Å². The smallest absolute Gasteiger partial charge is 0.264 e. The highest BCUT2D eigenvalue weighted by Gasteiger charge is 2.66. The van der Waals surface area contributed by atoms with Crippen molar-refractivity contribution in [3.63, 3.8) is 0 Å². The van der Waals surface area contributed by atoms with Gasteiger partial charge in [0.05, 0.1) is 36.6 Å². The number of rotatable bonds is 11. The maximum atomic E-state index is 16.3. The van der Waals surface area contributed by atoms with Gasteiger partial charge in [0.2, 0.25) is 8.41 Å². The average molecular weight is 672 g/mol. The summed E-state index contributed by atoms with van der Waals surface area (Å²) in [7, 11) is -3.35. The number of nitrogens with zero attached hydrogens (tertiary/aromatic N) is 4. The van der Waals surface area contributed by atoms with Gasteiger partial charge < -0.3 is 29.3 Å². The van der Waals surface area contributed by atoms with Gasteiger partial charge >= 0.3 is 0 Å². The van der Waals surface area contributed by atoms with E-state index in [1.54, 1.807) is 34.8 Å². The van der Waals surface area contributed by atoms with Crippen LogP contribution in [-0.2, 0) is 33.0 Å². The molecule has 3 N–H and O–H groups in total. The van der Waals surface area contributed by atoms with Gasteiger partial charge in [0.15, 0.2) is 5.60 Å². The fourth-order valence-corrected chi connectivity index (χ4v) is 9.99. The van der Waals surface area contributed by atoms with Crippen LogP contribution >= 0.6 is 0 Å². The van der Waals surface area contributed by atoms with Crippen molar-refractivity contribution in [2.24, 2.45) is 5.92 Å². The minimum atomic E-state index is -3.35. The molecule has 2 amide bonds. The fraction of sp³-hybridized carbons (Fsp3) is 0.389. The van der Waals surface area contributed by atoms with E-state index in [-0.39, 0.29) is 25.0 Å². The molecule has 1 fully saturated rings. The second-order valence-electron chi connectivity index (χ2n) is 13.4. The Balaban J connectivity index is 1.24. The lowest BCUT2D eigenvalue weighted by molar-refractivity contribution is -0.146. The van der Waals surface area contributed by atoms with E-state index >= 15 is 4.11 Å². The molecule has 0 radical (unpaired) electrons. The van der Waals surface area contributed by atoms with E-state index < -0.39 is 43.6 Å². The zero-order valence-electron chi connectivity index (χ0n) is 27.6. The highest BCUT2D eigenvalue weighted by Crippen LogP contribution is 2.60. The zero-order valence-corrected chi connectivity index (χ0v) is 28.6. The predicted molar refractivity (Wildman–Crippen MR) is 182 cm³/mol. The standard InChI is InChI=1S/C36H42FN5O5Si/c1-23-33(48(3,4)37)32(18-19-41-21-30(39-40-41)28(22-43)26-10-6-5-7-11-26)47-36(23)29-12-8-9-13-31(29)42(35(36)46)20-25-14-16-27(17-15-25)38-34(45)24(2)44/h5-17,21,23-24,28,32-33,43-44H,18-20,22H2,1-4H3,(H,38,45)/t23-,24+,28?,32+,33-,36+/m1/s1. The van der Waals surface area contributed by atoms with Crippen LogP contribution in [-0.4, -0.2) is 64.2 Å². The third kappa shape index (κ3) is 6.21. The predicted octanol–water partition coefficient (Wildman–Crippen LogP) is 5.13. The molecule has 0 bridgehead atoms. The number of carbonyl (C=O) groups is 2. The van der Waals surface area contributed by atoms with E-state index in [1.165, 1.54) is 6.92 Å². The number of halogens is 1. The van der Waals surface area contributed by atoms with Crippen molar-refractivity contribution in [2.45, 2.75) is 75.7 Å². The summed E-state index contributed by atoms with van der Waals surface area (Å²) in [6.45, 7) is 7.27. The topological polar surface area (TPSA) is 130 Å². The number of anilines is 2. The molecule has 1 spiro atoms. The summed E-state index contributed by atoms with van der Waals surface area (Å²) in [6, 6.07) is 24.3. The normalized spacial score (nSPS) is 23.4. The number of aromatic nitrogens is 3. The van der Waals surface area contributed by atoms with Gasteiger partial charge in [0.1, 0.15) is 6.10 Å². The molecule has 4 aromatic rings. The Bertz CT molecular complexity index is 1760. The Kier molecular flexibility index (Phi) is 9.36. The highest BCUT2D eigenvalue weighted by molar-refractivity contribution is 6.72. The van der Waals surface area contributed by atoms with Crippen molar-refractivity contribution < 1.29 is 28.6 Å². The summed E-state index contributed by atoms with van der Waals surface area (Å²) in [4.78, 5) is 28.2. The van der Waals surface area contributed by atoms with Crippen LogP contribution in [0.1, 0.15) is 48.6 Å². The van der Waals surface area contributed by atoms with Crippen molar-refractivity contribution >= 4 is 31.6 Å². The van der Waals surface area contributed by atoms with Gasteiger partial charge in [-0.3, -0.25) is 14.3 Å². The maximum Gasteiger partial charge on any atom is 0.264 e. The first-order valence-corrected chi connectivity index (χ1v) is 19.3. The minimum absolute atomic E-state index is 0.111. The molecule has 1 saturated heterocycles. The lowest BCUT2D eigenvalue weighted by Crippen LogP contribution is -2.45. The number of ether oxygens (including phenoxy) is 1. The minimum Gasteiger partial charge on any atom is -0.395 e. The van der Waals surface area contributed by atoms with Crippen molar-refractivity contribution in [3.05, 3.63) is 107 Å². The number of hydrogen-bond donors (Lipinski definition) is 3. The number of fused-ring (bicyclic) bond motifs is 2. The molecule has 2 aliphatic rings. The van der Waals surface area contributed by atoms with Gasteiger partial charge in [-0.15, -0.1) is 5.10 Å². The van der Waals surface area contributed by atoms with Crippen LogP contribution in [0.3, 0.4) is 0 Å². The molecule has 10 nitrogen and oxygen atoms in total. The Morgan fingerprint density at radius 2 is 1.77 bits per heavy atom. The maximum absolute atomic E-state index is 16.3. The number of carbonyl (C=O) groups excluding carboxylic acids is 2. The molecule has 2 aliphatic heterocycles. The van der Waals surface area contributed by atoms with Crippen LogP contribution in [0.15, 0.2) is 85.1 Å². The van der Waals surface area contributed by atoms with E-state index in [9.17, 15) is 19.8 Å². The van der Waals surface area contributed by atoms with E-state index in [0.29, 0.717) is 24.3 Å². The second kappa shape index (κ2) is 13.3. The molecule has 12 heteroatoms. The Hall–Kier alpha value is -4.23.